The van der Waals surface area contributed by atoms with Gasteiger partial charge < -0.3 is 18.9 Å². The third-order valence-electron chi connectivity index (χ3n) is 6.11. The van der Waals surface area contributed by atoms with Crippen LogP contribution in [0.4, 0.5) is 4.39 Å². The van der Waals surface area contributed by atoms with Crippen LogP contribution in [0.5, 0.6) is 5.75 Å². The first kappa shape index (κ1) is 23.1. The maximum Gasteiger partial charge on any atom is 0.325 e. The fourth-order valence-corrected chi connectivity index (χ4v) is 4.56. The molecule has 2 aromatic carbocycles. The summed E-state index contributed by atoms with van der Waals surface area (Å²) in [5.74, 6) is -0.221. The Morgan fingerprint density at radius 2 is 1.97 bits per heavy atom. The van der Waals surface area contributed by atoms with Crippen LogP contribution in [0, 0.1) is 5.82 Å². The summed E-state index contributed by atoms with van der Waals surface area (Å²) >= 11 is 5.88. The summed E-state index contributed by atoms with van der Waals surface area (Å²) in [6.45, 7) is 2.08. The predicted molar refractivity (Wildman–Crippen MR) is 124 cm³/mol. The SMILES string of the molecule is CCOC(=O)Cn1c2c(c3cc(F)ccc31)C[C@@H](N(C)C(=O)COc1ccc(Cl)cc1)CC2. The van der Waals surface area contributed by atoms with E-state index in [1.165, 1.54) is 12.1 Å². The fourth-order valence-electron chi connectivity index (χ4n) is 4.43. The van der Waals surface area contributed by atoms with Gasteiger partial charge in [-0.2, -0.15) is 0 Å². The molecule has 1 amide bonds. The quantitative estimate of drug-likeness (QED) is 0.478. The van der Waals surface area contributed by atoms with Crippen molar-refractivity contribution in [2.45, 2.75) is 38.8 Å². The Morgan fingerprint density at radius 1 is 1.21 bits per heavy atom. The number of rotatable bonds is 7. The largest absolute Gasteiger partial charge is 0.484 e. The number of amides is 1. The van der Waals surface area contributed by atoms with Crippen molar-refractivity contribution in [3.63, 3.8) is 0 Å². The molecule has 1 atom stereocenters. The van der Waals surface area contributed by atoms with Crippen LogP contribution in [0.1, 0.15) is 24.6 Å². The van der Waals surface area contributed by atoms with E-state index in [-0.39, 0.29) is 36.9 Å². The molecule has 33 heavy (non-hydrogen) atoms. The molecule has 0 fully saturated rings. The van der Waals surface area contributed by atoms with Crippen molar-refractivity contribution in [2.24, 2.45) is 0 Å². The molecule has 0 bridgehead atoms. The van der Waals surface area contributed by atoms with Crippen LogP contribution in [-0.4, -0.2) is 47.6 Å². The van der Waals surface area contributed by atoms with E-state index in [1.807, 2.05) is 4.57 Å². The van der Waals surface area contributed by atoms with Gasteiger partial charge in [-0.25, -0.2) is 4.39 Å². The van der Waals surface area contributed by atoms with Gasteiger partial charge in [-0.1, -0.05) is 11.6 Å². The molecule has 0 aliphatic heterocycles. The number of carbonyl (C=O) groups is 2. The lowest BCUT2D eigenvalue weighted by Crippen LogP contribution is -2.43. The van der Waals surface area contributed by atoms with Crippen molar-refractivity contribution in [1.29, 1.82) is 0 Å². The predicted octanol–water partition coefficient (Wildman–Crippen LogP) is 4.39. The lowest BCUT2D eigenvalue weighted by Gasteiger charge is -2.32. The zero-order valence-electron chi connectivity index (χ0n) is 18.6. The zero-order chi connectivity index (χ0) is 23.5. The van der Waals surface area contributed by atoms with Crippen LogP contribution in [0.25, 0.3) is 10.9 Å². The van der Waals surface area contributed by atoms with Gasteiger partial charge in [-0.3, -0.25) is 9.59 Å². The first-order valence-corrected chi connectivity index (χ1v) is 11.3. The van der Waals surface area contributed by atoms with Gasteiger partial charge in [0.15, 0.2) is 6.61 Å². The second-order valence-electron chi connectivity index (χ2n) is 8.12. The Kier molecular flexibility index (Phi) is 6.88. The number of ether oxygens (including phenoxy) is 2. The summed E-state index contributed by atoms with van der Waals surface area (Å²) in [5.41, 5.74) is 2.77. The molecule has 8 heteroatoms. The van der Waals surface area contributed by atoms with E-state index in [2.05, 4.69) is 0 Å². The molecule has 6 nitrogen and oxygen atoms in total. The highest BCUT2D eigenvalue weighted by Crippen LogP contribution is 2.34. The first-order valence-electron chi connectivity index (χ1n) is 11.0. The number of halogens is 2. The maximum atomic E-state index is 14.1. The molecule has 0 saturated carbocycles. The van der Waals surface area contributed by atoms with Crippen molar-refractivity contribution >= 4 is 34.4 Å². The summed E-state index contributed by atoms with van der Waals surface area (Å²) in [4.78, 5) is 26.7. The summed E-state index contributed by atoms with van der Waals surface area (Å²) in [7, 11) is 1.77. The van der Waals surface area contributed by atoms with Gasteiger partial charge in [-0.15, -0.1) is 0 Å². The van der Waals surface area contributed by atoms with E-state index >= 15 is 0 Å². The van der Waals surface area contributed by atoms with E-state index in [4.69, 9.17) is 21.1 Å². The summed E-state index contributed by atoms with van der Waals surface area (Å²) in [6, 6.07) is 11.4. The normalized spacial score (nSPS) is 15.2. The van der Waals surface area contributed by atoms with Gasteiger partial charge in [0.25, 0.3) is 5.91 Å². The van der Waals surface area contributed by atoms with Gasteiger partial charge in [0.1, 0.15) is 18.1 Å². The molecule has 1 aliphatic carbocycles. The number of likely N-dealkylation sites (N-methyl/N-ethyl adjacent to an activating group) is 1. The van der Waals surface area contributed by atoms with Crippen molar-refractivity contribution in [2.75, 3.05) is 20.3 Å². The van der Waals surface area contributed by atoms with Gasteiger partial charge in [-0.05, 0) is 74.2 Å². The minimum absolute atomic E-state index is 0.0521. The number of hydrogen-bond acceptors (Lipinski definition) is 4. The lowest BCUT2D eigenvalue weighted by atomic mass is 9.90. The number of carbonyl (C=O) groups excluding carboxylic acids is 2. The molecule has 0 N–H and O–H groups in total. The number of benzene rings is 2. The van der Waals surface area contributed by atoms with Crippen LogP contribution in [0.2, 0.25) is 5.02 Å². The van der Waals surface area contributed by atoms with Gasteiger partial charge in [0, 0.05) is 34.7 Å². The lowest BCUT2D eigenvalue weighted by molar-refractivity contribution is -0.143. The smallest absolute Gasteiger partial charge is 0.325 e. The molecule has 1 heterocycles. The number of aromatic nitrogens is 1. The molecule has 0 unspecified atom stereocenters. The summed E-state index contributed by atoms with van der Waals surface area (Å²) in [5, 5.41) is 1.37. The molecule has 1 aliphatic rings. The highest BCUT2D eigenvalue weighted by atomic mass is 35.5. The minimum atomic E-state index is -0.332. The topological polar surface area (TPSA) is 60.8 Å². The third kappa shape index (κ3) is 4.98. The number of esters is 1. The van der Waals surface area contributed by atoms with Crippen molar-refractivity contribution in [3.05, 3.63) is 64.6 Å². The number of nitrogens with zero attached hydrogens (tertiary/aromatic N) is 2. The van der Waals surface area contributed by atoms with E-state index < -0.39 is 0 Å². The highest BCUT2D eigenvalue weighted by Gasteiger charge is 2.30. The standard InChI is InChI=1S/C25H26ClFN2O4/c1-3-32-25(31)14-29-22-10-6-17(27)12-20(22)21-13-18(7-11-23(21)29)28(2)24(30)15-33-19-8-4-16(26)5-9-19/h4-6,8-10,12,18H,3,7,11,13-15H2,1-2H3/t18-/m0/s1. The van der Waals surface area contributed by atoms with E-state index in [1.54, 1.807) is 49.2 Å². The molecule has 1 aromatic heterocycles. The fraction of sp³-hybridized carbons (Fsp3) is 0.360. The Morgan fingerprint density at radius 3 is 2.70 bits per heavy atom. The van der Waals surface area contributed by atoms with E-state index in [0.717, 1.165) is 28.6 Å². The second kappa shape index (κ2) is 9.83. The third-order valence-corrected chi connectivity index (χ3v) is 6.36. The van der Waals surface area contributed by atoms with E-state index in [0.29, 0.717) is 30.2 Å². The van der Waals surface area contributed by atoms with Gasteiger partial charge in [0.2, 0.25) is 0 Å². The highest BCUT2D eigenvalue weighted by molar-refractivity contribution is 6.30. The molecule has 4 rings (SSSR count). The summed E-state index contributed by atoms with van der Waals surface area (Å²) < 4.78 is 26.7. The van der Waals surface area contributed by atoms with Crippen molar-refractivity contribution in [1.82, 2.24) is 9.47 Å². The molecular formula is C25H26ClFN2O4. The number of fused-ring (bicyclic) bond motifs is 3. The maximum absolute atomic E-state index is 14.1. The average Bonchev–Trinajstić information content (AvgIpc) is 3.10. The second-order valence-corrected chi connectivity index (χ2v) is 8.56. The summed E-state index contributed by atoms with van der Waals surface area (Å²) in [6.07, 6.45) is 1.98. The van der Waals surface area contributed by atoms with Crippen molar-refractivity contribution < 1.29 is 23.5 Å². The molecule has 3 aromatic rings. The molecule has 174 valence electrons. The first-order chi connectivity index (χ1) is 15.9. The monoisotopic (exact) mass is 472 g/mol. The minimum Gasteiger partial charge on any atom is -0.484 e. The van der Waals surface area contributed by atoms with Crippen LogP contribution in [0.3, 0.4) is 0 Å². The molecular weight excluding hydrogens is 447 g/mol. The van der Waals surface area contributed by atoms with Crippen LogP contribution in [-0.2, 0) is 33.7 Å². The Bertz CT molecular complexity index is 1180. The molecule has 0 spiro atoms. The molecule has 0 saturated heterocycles. The van der Waals surface area contributed by atoms with Gasteiger partial charge in [0.05, 0.1) is 6.61 Å². The Hall–Kier alpha value is -3.06. The number of hydrogen-bond donors (Lipinski definition) is 0. The average molecular weight is 473 g/mol. The van der Waals surface area contributed by atoms with Crippen molar-refractivity contribution in [3.8, 4) is 5.75 Å². The Labute approximate surface area is 196 Å². The molecule has 0 radical (unpaired) electrons. The van der Waals surface area contributed by atoms with E-state index in [9.17, 15) is 14.0 Å². The van der Waals surface area contributed by atoms with Crippen LogP contribution < -0.4 is 4.74 Å². The van der Waals surface area contributed by atoms with Crippen LogP contribution >= 0.6 is 11.6 Å². The Balaban J connectivity index is 1.52. The zero-order valence-corrected chi connectivity index (χ0v) is 19.4. The van der Waals surface area contributed by atoms with Crippen LogP contribution in [0.15, 0.2) is 42.5 Å². The van der Waals surface area contributed by atoms with Gasteiger partial charge >= 0.3 is 5.97 Å².